The van der Waals surface area contributed by atoms with Gasteiger partial charge in [-0.1, -0.05) is 24.3 Å². The molecular weight excluding hydrogens is 608 g/mol. The van der Waals surface area contributed by atoms with Crippen molar-refractivity contribution >= 4 is 52.7 Å². The maximum absolute atomic E-state index is 13.8. The van der Waals surface area contributed by atoms with E-state index < -0.39 is 22.5 Å². The molecule has 0 saturated carbocycles. The molecule has 3 aromatic rings. The highest BCUT2D eigenvalue weighted by Gasteiger charge is 2.42. The molecular formula is C32H29F2N3O5S2. The lowest BCUT2D eigenvalue weighted by Crippen LogP contribution is -2.62. The van der Waals surface area contributed by atoms with Crippen LogP contribution in [0.25, 0.3) is 0 Å². The Morgan fingerprint density at radius 1 is 0.818 bits per heavy atom. The SMILES string of the molecule is Cc1c(N2C(=O)CSC2c2ccc(F)cc2)ccc(C(=O)OC2CN(C3COC3)C2)c1N1C(=O)CSC1c1ccc(F)cc1. The number of halogens is 2. The Labute approximate surface area is 261 Å². The molecule has 8 nitrogen and oxygen atoms in total. The zero-order valence-corrected chi connectivity index (χ0v) is 25.4. The normalized spacial score (nSPS) is 22.8. The van der Waals surface area contributed by atoms with Gasteiger partial charge in [0, 0.05) is 13.1 Å². The zero-order valence-electron chi connectivity index (χ0n) is 23.8. The number of likely N-dealkylation sites (tertiary alicyclic amines) is 1. The van der Waals surface area contributed by atoms with E-state index in [9.17, 15) is 23.2 Å². The van der Waals surface area contributed by atoms with Gasteiger partial charge in [0.25, 0.3) is 0 Å². The van der Waals surface area contributed by atoms with Gasteiger partial charge in [-0.25, -0.2) is 13.6 Å². The molecule has 0 aliphatic carbocycles. The Morgan fingerprint density at radius 2 is 1.36 bits per heavy atom. The van der Waals surface area contributed by atoms with Crippen molar-refractivity contribution in [2.45, 2.75) is 29.8 Å². The van der Waals surface area contributed by atoms with Gasteiger partial charge >= 0.3 is 5.97 Å². The lowest BCUT2D eigenvalue weighted by atomic mass is 10.0. The van der Waals surface area contributed by atoms with Gasteiger partial charge in [-0.15, -0.1) is 23.5 Å². The van der Waals surface area contributed by atoms with Crippen LogP contribution in [-0.4, -0.2) is 72.6 Å². The minimum absolute atomic E-state index is 0.138. The summed E-state index contributed by atoms with van der Waals surface area (Å²) in [5, 5.41) is -0.932. The van der Waals surface area contributed by atoms with E-state index in [1.165, 1.54) is 47.8 Å². The molecule has 44 heavy (non-hydrogen) atoms. The Hall–Kier alpha value is -3.45. The number of carbonyl (C=O) groups is 3. The van der Waals surface area contributed by atoms with Crippen LogP contribution in [0.15, 0.2) is 60.7 Å². The Morgan fingerprint density at radius 3 is 1.91 bits per heavy atom. The summed E-state index contributed by atoms with van der Waals surface area (Å²) in [6, 6.07) is 15.7. The average molecular weight is 638 g/mol. The summed E-state index contributed by atoms with van der Waals surface area (Å²) >= 11 is 2.81. The molecule has 4 heterocycles. The summed E-state index contributed by atoms with van der Waals surface area (Å²) in [7, 11) is 0. The van der Waals surface area contributed by atoms with Crippen molar-refractivity contribution in [3.05, 3.63) is 94.6 Å². The second-order valence-corrected chi connectivity index (χ2v) is 13.4. The largest absolute Gasteiger partial charge is 0.456 e. The molecule has 4 aliphatic rings. The summed E-state index contributed by atoms with van der Waals surface area (Å²) in [5.41, 5.74) is 3.16. The number of nitrogens with zero attached hydrogens (tertiary/aromatic N) is 3. The maximum Gasteiger partial charge on any atom is 0.340 e. The van der Waals surface area contributed by atoms with E-state index in [0.29, 0.717) is 54.8 Å². The predicted molar refractivity (Wildman–Crippen MR) is 165 cm³/mol. The van der Waals surface area contributed by atoms with Gasteiger partial charge in [0.15, 0.2) is 0 Å². The fourth-order valence-corrected chi connectivity index (χ4v) is 8.35. The van der Waals surface area contributed by atoms with Crippen molar-refractivity contribution in [3.63, 3.8) is 0 Å². The molecule has 2 unspecified atom stereocenters. The van der Waals surface area contributed by atoms with Gasteiger partial charge in [0.05, 0.1) is 47.7 Å². The van der Waals surface area contributed by atoms with Crippen molar-refractivity contribution in [2.75, 3.05) is 47.6 Å². The van der Waals surface area contributed by atoms with Gasteiger partial charge in [0.1, 0.15) is 28.5 Å². The number of rotatable bonds is 7. The molecule has 0 radical (unpaired) electrons. The molecule has 2 amide bonds. The molecule has 228 valence electrons. The van der Waals surface area contributed by atoms with Crippen LogP contribution in [0, 0.1) is 18.6 Å². The fourth-order valence-electron chi connectivity index (χ4n) is 6.02. The van der Waals surface area contributed by atoms with Crippen LogP contribution in [0.3, 0.4) is 0 Å². The molecule has 7 rings (SSSR count). The second kappa shape index (κ2) is 11.8. The number of anilines is 2. The highest BCUT2D eigenvalue weighted by molar-refractivity contribution is 8.01. The molecule has 3 aromatic carbocycles. The Bertz CT molecular complexity index is 1610. The smallest absolute Gasteiger partial charge is 0.340 e. The van der Waals surface area contributed by atoms with E-state index >= 15 is 0 Å². The number of thioether (sulfide) groups is 2. The minimum Gasteiger partial charge on any atom is -0.456 e. The van der Waals surface area contributed by atoms with Gasteiger partial charge in [-0.2, -0.15) is 0 Å². The van der Waals surface area contributed by atoms with Gasteiger partial charge in [0.2, 0.25) is 11.8 Å². The van der Waals surface area contributed by atoms with E-state index in [1.54, 1.807) is 53.1 Å². The first-order chi connectivity index (χ1) is 21.3. The molecule has 4 saturated heterocycles. The van der Waals surface area contributed by atoms with Crippen molar-refractivity contribution in [3.8, 4) is 0 Å². The highest BCUT2D eigenvalue weighted by atomic mass is 32.2. The van der Waals surface area contributed by atoms with Crippen molar-refractivity contribution in [2.24, 2.45) is 0 Å². The summed E-state index contributed by atoms with van der Waals surface area (Å²) < 4.78 is 38.7. The van der Waals surface area contributed by atoms with E-state index in [2.05, 4.69) is 4.90 Å². The first-order valence-electron chi connectivity index (χ1n) is 14.3. The van der Waals surface area contributed by atoms with Crippen LogP contribution in [0.2, 0.25) is 0 Å². The van der Waals surface area contributed by atoms with Crippen LogP contribution in [-0.2, 0) is 19.1 Å². The van der Waals surface area contributed by atoms with Crippen LogP contribution < -0.4 is 9.80 Å². The number of carbonyl (C=O) groups excluding carboxylic acids is 3. The number of hydrogen-bond acceptors (Lipinski definition) is 8. The van der Waals surface area contributed by atoms with E-state index in [-0.39, 0.29) is 40.8 Å². The third-order valence-corrected chi connectivity index (χ3v) is 10.9. The average Bonchev–Trinajstić information content (AvgIpc) is 3.53. The lowest BCUT2D eigenvalue weighted by Gasteiger charge is -2.46. The number of hydrogen-bond donors (Lipinski definition) is 0. The van der Waals surface area contributed by atoms with Gasteiger partial charge < -0.3 is 9.47 Å². The Kier molecular flexibility index (Phi) is 7.86. The van der Waals surface area contributed by atoms with Crippen LogP contribution in [0.5, 0.6) is 0 Å². The fraction of sp³-hybridized carbons (Fsp3) is 0.344. The van der Waals surface area contributed by atoms with Crippen molar-refractivity contribution < 1.29 is 32.6 Å². The van der Waals surface area contributed by atoms with Gasteiger partial charge in [-0.05, 0) is 60.0 Å². The van der Waals surface area contributed by atoms with E-state index in [1.807, 2.05) is 0 Å². The molecule has 2 atom stereocenters. The van der Waals surface area contributed by atoms with Crippen LogP contribution in [0.1, 0.15) is 37.8 Å². The van der Waals surface area contributed by atoms with Crippen molar-refractivity contribution in [1.29, 1.82) is 0 Å². The van der Waals surface area contributed by atoms with Gasteiger partial charge in [-0.3, -0.25) is 24.3 Å². The van der Waals surface area contributed by atoms with Crippen molar-refractivity contribution in [1.82, 2.24) is 4.90 Å². The first-order valence-corrected chi connectivity index (χ1v) is 16.4. The Balaban J connectivity index is 1.28. The van der Waals surface area contributed by atoms with Crippen LogP contribution in [0.4, 0.5) is 20.2 Å². The number of esters is 1. The molecule has 0 N–H and O–H groups in total. The number of ether oxygens (including phenoxy) is 2. The quantitative estimate of drug-likeness (QED) is 0.333. The summed E-state index contributed by atoms with van der Waals surface area (Å²) in [6.07, 6.45) is -0.285. The minimum atomic E-state index is -0.552. The molecule has 4 fully saturated rings. The van der Waals surface area contributed by atoms with Crippen LogP contribution >= 0.6 is 23.5 Å². The molecule has 0 aromatic heterocycles. The monoisotopic (exact) mass is 637 g/mol. The predicted octanol–water partition coefficient (Wildman–Crippen LogP) is 5.07. The summed E-state index contributed by atoms with van der Waals surface area (Å²) in [4.78, 5) is 46.1. The third kappa shape index (κ3) is 5.27. The summed E-state index contributed by atoms with van der Waals surface area (Å²) in [5.74, 6) is -1.28. The summed E-state index contributed by atoms with van der Waals surface area (Å²) in [6.45, 7) is 4.37. The lowest BCUT2D eigenvalue weighted by molar-refractivity contribution is -0.124. The maximum atomic E-state index is 13.8. The number of amides is 2. The molecule has 0 spiro atoms. The standard InChI is InChI=1S/C32H29F2N3O5S2/c1-18-26(36-27(38)16-43-30(36)19-2-6-21(33)7-3-19)11-10-25(32(40)42-24-12-35(13-24)23-14-41-15-23)29(18)37-28(39)17-44-31(37)20-4-8-22(34)9-5-20/h2-11,23-24,30-31H,12-17H2,1H3. The van der Waals surface area contributed by atoms with E-state index in [0.717, 1.165) is 5.56 Å². The number of benzene rings is 3. The highest BCUT2D eigenvalue weighted by Crippen LogP contribution is 2.49. The first kappa shape index (κ1) is 29.3. The molecule has 0 bridgehead atoms. The molecule has 12 heteroatoms. The molecule has 4 aliphatic heterocycles. The topological polar surface area (TPSA) is 79.4 Å². The third-order valence-electron chi connectivity index (χ3n) is 8.46. The van der Waals surface area contributed by atoms with E-state index in [4.69, 9.17) is 9.47 Å². The second-order valence-electron chi connectivity index (χ2n) is 11.2. The zero-order chi connectivity index (χ0) is 30.5.